The summed E-state index contributed by atoms with van der Waals surface area (Å²) < 4.78 is 22.2. The highest BCUT2D eigenvalue weighted by atomic mass is 32.2. The minimum absolute atomic E-state index is 0.000598. The van der Waals surface area contributed by atoms with Crippen LogP contribution in [0.4, 0.5) is 0 Å². The van der Waals surface area contributed by atoms with Gasteiger partial charge in [-0.2, -0.15) is 5.26 Å². The van der Waals surface area contributed by atoms with Crippen molar-refractivity contribution in [3.63, 3.8) is 0 Å². The molecule has 0 aromatic rings. The zero-order valence-corrected chi connectivity index (χ0v) is 9.38. The van der Waals surface area contributed by atoms with Crippen molar-refractivity contribution in [1.82, 2.24) is 5.32 Å². The highest BCUT2D eigenvalue weighted by molar-refractivity contribution is 7.91. The van der Waals surface area contributed by atoms with Crippen LogP contribution >= 0.6 is 0 Å². The van der Waals surface area contributed by atoms with Crippen molar-refractivity contribution in [3.05, 3.63) is 0 Å². The van der Waals surface area contributed by atoms with E-state index >= 15 is 0 Å². The van der Waals surface area contributed by atoms with Gasteiger partial charge in [0, 0.05) is 6.04 Å². The Morgan fingerprint density at radius 2 is 2.33 bits per heavy atom. The van der Waals surface area contributed by atoms with Crippen molar-refractivity contribution < 1.29 is 13.2 Å². The van der Waals surface area contributed by atoms with Crippen molar-refractivity contribution >= 4 is 15.7 Å². The van der Waals surface area contributed by atoms with E-state index in [9.17, 15) is 13.2 Å². The fourth-order valence-electron chi connectivity index (χ4n) is 1.55. The second-order valence-corrected chi connectivity index (χ2v) is 5.93. The first-order chi connectivity index (χ1) is 6.98. The first kappa shape index (κ1) is 12.0. The predicted octanol–water partition coefficient (Wildman–Crippen LogP) is -0.161. The van der Waals surface area contributed by atoms with Gasteiger partial charge in [0.1, 0.15) is 5.92 Å². The van der Waals surface area contributed by atoms with E-state index in [0.717, 1.165) is 0 Å². The van der Waals surface area contributed by atoms with Gasteiger partial charge in [-0.1, -0.05) is 6.92 Å². The molecule has 1 aliphatic rings. The predicted molar refractivity (Wildman–Crippen MR) is 54.6 cm³/mol. The average Bonchev–Trinajstić information content (AvgIpc) is 2.47. The van der Waals surface area contributed by atoms with Crippen LogP contribution in [0, 0.1) is 17.2 Å². The van der Waals surface area contributed by atoms with Gasteiger partial charge in [-0.05, 0) is 12.8 Å². The van der Waals surface area contributed by atoms with Crippen LogP contribution in [0.5, 0.6) is 0 Å². The Balaban J connectivity index is 2.51. The molecule has 0 aliphatic carbocycles. The van der Waals surface area contributed by atoms with Gasteiger partial charge >= 0.3 is 0 Å². The van der Waals surface area contributed by atoms with E-state index in [-0.39, 0.29) is 23.5 Å². The molecule has 1 rings (SSSR count). The van der Waals surface area contributed by atoms with Crippen LogP contribution < -0.4 is 5.32 Å². The van der Waals surface area contributed by atoms with E-state index in [1.54, 1.807) is 6.92 Å². The molecular formula is C9H14N2O3S. The fourth-order valence-corrected chi connectivity index (χ4v) is 3.22. The number of hydrogen-bond donors (Lipinski definition) is 1. The van der Waals surface area contributed by atoms with Gasteiger partial charge in [-0.3, -0.25) is 4.79 Å². The molecular weight excluding hydrogens is 216 g/mol. The molecule has 2 atom stereocenters. The van der Waals surface area contributed by atoms with Crippen LogP contribution in [0.3, 0.4) is 0 Å². The molecule has 0 aromatic heterocycles. The molecule has 6 heteroatoms. The summed E-state index contributed by atoms with van der Waals surface area (Å²) >= 11 is 0. The van der Waals surface area contributed by atoms with Gasteiger partial charge in [-0.15, -0.1) is 0 Å². The largest absolute Gasteiger partial charge is 0.351 e. The molecule has 0 radical (unpaired) electrons. The van der Waals surface area contributed by atoms with Crippen molar-refractivity contribution in [3.8, 4) is 6.07 Å². The van der Waals surface area contributed by atoms with Crippen molar-refractivity contribution in [2.45, 2.75) is 25.8 Å². The van der Waals surface area contributed by atoms with Crippen molar-refractivity contribution in [2.24, 2.45) is 5.92 Å². The highest BCUT2D eigenvalue weighted by Gasteiger charge is 2.30. The molecule has 2 unspecified atom stereocenters. The van der Waals surface area contributed by atoms with Crippen LogP contribution in [0.1, 0.15) is 19.8 Å². The Labute approximate surface area is 89.4 Å². The summed E-state index contributed by atoms with van der Waals surface area (Å²) in [4.78, 5) is 11.4. The molecule has 1 fully saturated rings. The Hall–Kier alpha value is -1.09. The number of hydrogen-bond acceptors (Lipinski definition) is 4. The Morgan fingerprint density at radius 3 is 2.73 bits per heavy atom. The van der Waals surface area contributed by atoms with Crippen LogP contribution in [-0.4, -0.2) is 31.9 Å². The Bertz CT molecular complexity index is 383. The Kier molecular flexibility index (Phi) is 3.69. The van der Waals surface area contributed by atoms with Crippen molar-refractivity contribution in [1.29, 1.82) is 5.26 Å². The minimum Gasteiger partial charge on any atom is -0.351 e. The molecule has 1 saturated heterocycles. The molecule has 1 amide bonds. The number of rotatable bonds is 3. The lowest BCUT2D eigenvalue weighted by molar-refractivity contribution is -0.124. The summed E-state index contributed by atoms with van der Waals surface area (Å²) in [6.07, 6.45) is 0.901. The van der Waals surface area contributed by atoms with Gasteiger partial charge in [0.15, 0.2) is 9.84 Å². The second kappa shape index (κ2) is 4.62. The first-order valence-corrected chi connectivity index (χ1v) is 6.71. The fraction of sp³-hybridized carbons (Fsp3) is 0.778. The number of nitrogens with one attached hydrogen (secondary N) is 1. The van der Waals surface area contributed by atoms with E-state index in [1.807, 2.05) is 6.07 Å². The number of nitrogens with zero attached hydrogens (tertiary/aromatic N) is 1. The number of nitriles is 1. The van der Waals surface area contributed by atoms with Crippen LogP contribution in [0.15, 0.2) is 0 Å². The topological polar surface area (TPSA) is 87.0 Å². The maximum Gasteiger partial charge on any atom is 0.237 e. The third-order valence-corrected chi connectivity index (χ3v) is 4.23. The molecule has 0 bridgehead atoms. The quantitative estimate of drug-likeness (QED) is 0.729. The van der Waals surface area contributed by atoms with Gasteiger partial charge in [0.2, 0.25) is 5.91 Å². The maximum absolute atomic E-state index is 11.4. The number of sulfone groups is 1. The lowest BCUT2D eigenvalue weighted by atomic mass is 10.1. The summed E-state index contributed by atoms with van der Waals surface area (Å²) in [5, 5.41) is 11.2. The van der Waals surface area contributed by atoms with Gasteiger partial charge in [-0.25, -0.2) is 8.42 Å². The summed E-state index contributed by atoms with van der Waals surface area (Å²) in [5.41, 5.74) is 0. The zero-order chi connectivity index (χ0) is 11.5. The highest BCUT2D eigenvalue weighted by Crippen LogP contribution is 2.12. The third-order valence-electron chi connectivity index (χ3n) is 2.46. The molecule has 5 nitrogen and oxygen atoms in total. The SMILES string of the molecule is CCC(C#N)C(=O)NC1CCS(=O)(=O)C1. The van der Waals surface area contributed by atoms with E-state index in [2.05, 4.69) is 5.32 Å². The lowest BCUT2D eigenvalue weighted by Crippen LogP contribution is -2.39. The average molecular weight is 230 g/mol. The van der Waals surface area contributed by atoms with Crippen LogP contribution in [0.25, 0.3) is 0 Å². The normalized spacial score (nSPS) is 25.5. The monoisotopic (exact) mass is 230 g/mol. The standard InChI is InChI=1S/C9H14N2O3S/c1-2-7(5-10)9(12)11-8-3-4-15(13,14)6-8/h7-8H,2-4,6H2,1H3,(H,11,12). The number of amides is 1. The summed E-state index contributed by atoms with van der Waals surface area (Å²) in [6, 6.07) is 1.57. The van der Waals surface area contributed by atoms with E-state index in [4.69, 9.17) is 5.26 Å². The van der Waals surface area contributed by atoms with E-state index in [1.165, 1.54) is 0 Å². The molecule has 1 heterocycles. The summed E-state index contributed by atoms with van der Waals surface area (Å²) in [6.45, 7) is 1.75. The smallest absolute Gasteiger partial charge is 0.237 e. The van der Waals surface area contributed by atoms with E-state index in [0.29, 0.717) is 12.8 Å². The third kappa shape index (κ3) is 3.20. The molecule has 15 heavy (non-hydrogen) atoms. The first-order valence-electron chi connectivity index (χ1n) is 4.89. The number of carbonyl (C=O) groups is 1. The summed E-state index contributed by atoms with van der Waals surface area (Å²) in [5.74, 6) is -0.905. The van der Waals surface area contributed by atoms with Crippen LogP contribution in [0.2, 0.25) is 0 Å². The molecule has 0 aromatic carbocycles. The van der Waals surface area contributed by atoms with Crippen molar-refractivity contribution in [2.75, 3.05) is 11.5 Å². The molecule has 1 aliphatic heterocycles. The Morgan fingerprint density at radius 1 is 1.67 bits per heavy atom. The van der Waals surface area contributed by atoms with Crippen LogP contribution in [-0.2, 0) is 14.6 Å². The van der Waals surface area contributed by atoms with Gasteiger partial charge in [0.25, 0.3) is 0 Å². The zero-order valence-electron chi connectivity index (χ0n) is 8.56. The lowest BCUT2D eigenvalue weighted by Gasteiger charge is -2.12. The number of carbonyl (C=O) groups excluding carboxylic acids is 1. The van der Waals surface area contributed by atoms with E-state index < -0.39 is 15.8 Å². The molecule has 1 N–H and O–H groups in total. The summed E-state index contributed by atoms with van der Waals surface area (Å²) in [7, 11) is -2.98. The second-order valence-electron chi connectivity index (χ2n) is 3.70. The van der Waals surface area contributed by atoms with Gasteiger partial charge < -0.3 is 5.32 Å². The molecule has 0 spiro atoms. The maximum atomic E-state index is 11.4. The minimum atomic E-state index is -2.98. The molecule has 0 saturated carbocycles. The van der Waals surface area contributed by atoms with Gasteiger partial charge in [0.05, 0.1) is 17.6 Å². The molecule has 84 valence electrons.